The molecule has 0 bridgehead atoms. The Hall–Kier alpha value is -1.46. The summed E-state index contributed by atoms with van der Waals surface area (Å²) in [5, 5.41) is 0. The maximum absolute atomic E-state index is 13.8. The minimum atomic E-state index is -0.316. The van der Waals surface area contributed by atoms with Crippen molar-refractivity contribution in [3.63, 3.8) is 0 Å². The van der Waals surface area contributed by atoms with E-state index < -0.39 is 0 Å². The molecule has 4 nitrogen and oxygen atoms in total. The van der Waals surface area contributed by atoms with E-state index in [-0.39, 0.29) is 29.7 Å². The first-order valence-corrected chi connectivity index (χ1v) is 8.26. The zero-order valence-electron chi connectivity index (χ0n) is 13.6. The quantitative estimate of drug-likeness (QED) is 0.855. The number of likely N-dealkylation sites (tertiary alicyclic amines) is 1. The third-order valence-corrected chi connectivity index (χ3v) is 5.07. The van der Waals surface area contributed by atoms with Crippen LogP contribution < -0.4 is 0 Å². The smallest absolute Gasteiger partial charge is 0.227 e. The van der Waals surface area contributed by atoms with E-state index in [9.17, 15) is 9.18 Å². The molecule has 0 radical (unpaired) electrons. The van der Waals surface area contributed by atoms with Crippen LogP contribution in [0, 0.1) is 11.2 Å². The largest absolute Gasteiger partial charge is 0.384 e. The van der Waals surface area contributed by atoms with Crippen molar-refractivity contribution in [2.45, 2.75) is 31.8 Å². The van der Waals surface area contributed by atoms with Gasteiger partial charge < -0.3 is 14.4 Å². The van der Waals surface area contributed by atoms with Gasteiger partial charge in [-0.25, -0.2) is 4.39 Å². The van der Waals surface area contributed by atoms with Gasteiger partial charge in [0.05, 0.1) is 19.1 Å². The normalized spacial score (nSPS) is 27.6. The van der Waals surface area contributed by atoms with Crippen LogP contribution in [0.1, 0.15) is 24.8 Å². The number of benzene rings is 1. The molecule has 23 heavy (non-hydrogen) atoms. The molecule has 0 aliphatic carbocycles. The molecule has 2 saturated heterocycles. The number of piperidine rings is 1. The van der Waals surface area contributed by atoms with Gasteiger partial charge in [0.25, 0.3) is 0 Å². The van der Waals surface area contributed by atoms with Gasteiger partial charge in [-0.2, -0.15) is 0 Å². The Morgan fingerprint density at radius 1 is 1.48 bits per heavy atom. The van der Waals surface area contributed by atoms with E-state index in [1.54, 1.807) is 25.3 Å². The maximum Gasteiger partial charge on any atom is 0.227 e. The molecule has 5 heteroatoms. The van der Waals surface area contributed by atoms with Crippen molar-refractivity contribution in [2.75, 3.05) is 33.4 Å². The van der Waals surface area contributed by atoms with Crippen LogP contribution in [0.4, 0.5) is 4.39 Å². The molecule has 0 spiro atoms. The fourth-order valence-electron chi connectivity index (χ4n) is 3.92. The van der Waals surface area contributed by atoms with Crippen molar-refractivity contribution in [2.24, 2.45) is 5.41 Å². The van der Waals surface area contributed by atoms with Crippen LogP contribution in [0.5, 0.6) is 0 Å². The molecule has 1 aromatic carbocycles. The summed E-state index contributed by atoms with van der Waals surface area (Å²) in [5.41, 5.74) is 0.344. The Bertz CT molecular complexity index is 561. The summed E-state index contributed by atoms with van der Waals surface area (Å²) in [7, 11) is 1.69. The second kappa shape index (κ2) is 6.97. The van der Waals surface area contributed by atoms with Crippen molar-refractivity contribution in [1.82, 2.24) is 4.90 Å². The van der Waals surface area contributed by atoms with E-state index in [1.807, 2.05) is 4.90 Å². The highest BCUT2D eigenvalue weighted by Gasteiger charge is 2.46. The van der Waals surface area contributed by atoms with E-state index >= 15 is 0 Å². The Morgan fingerprint density at radius 2 is 2.30 bits per heavy atom. The predicted molar refractivity (Wildman–Crippen MR) is 84.6 cm³/mol. The lowest BCUT2D eigenvalue weighted by molar-refractivity contribution is -0.161. The van der Waals surface area contributed by atoms with Gasteiger partial charge >= 0.3 is 0 Å². The molecule has 3 rings (SSSR count). The third-order valence-electron chi connectivity index (χ3n) is 5.07. The molecule has 2 aliphatic heterocycles. The second-order valence-corrected chi connectivity index (χ2v) is 6.63. The number of ether oxygens (including phenoxy) is 2. The van der Waals surface area contributed by atoms with Crippen molar-refractivity contribution >= 4 is 5.91 Å². The Kier molecular flexibility index (Phi) is 4.97. The number of fused-ring (bicyclic) bond motifs is 1. The first kappa shape index (κ1) is 16.4. The summed E-state index contributed by atoms with van der Waals surface area (Å²) in [4.78, 5) is 14.5. The van der Waals surface area contributed by atoms with Crippen LogP contribution in [-0.4, -0.2) is 50.3 Å². The van der Waals surface area contributed by atoms with Crippen LogP contribution >= 0.6 is 0 Å². The van der Waals surface area contributed by atoms with Crippen LogP contribution in [0.3, 0.4) is 0 Å². The number of nitrogens with zero attached hydrogens (tertiary/aromatic N) is 1. The van der Waals surface area contributed by atoms with Gasteiger partial charge in [-0.1, -0.05) is 18.2 Å². The lowest BCUT2D eigenvalue weighted by atomic mass is 9.73. The SMILES string of the molecule is COC[C@]12CCCO[C@H]1CCN(C(=O)Cc1ccccc1F)C2. The molecular formula is C18H24FNO3. The molecule has 2 atom stereocenters. The van der Waals surface area contributed by atoms with E-state index in [0.29, 0.717) is 25.3 Å². The Balaban J connectivity index is 1.71. The standard InChI is InChI=1S/C18H24FNO3/c1-22-13-18-8-4-10-23-16(18)7-9-20(12-18)17(21)11-14-5-2-3-6-15(14)19/h2-3,5-6,16H,4,7-13H2,1H3/t16-,18+/m0/s1. The van der Waals surface area contributed by atoms with Gasteiger partial charge in [-0.15, -0.1) is 0 Å². The number of halogens is 1. The third kappa shape index (κ3) is 3.40. The second-order valence-electron chi connectivity index (χ2n) is 6.63. The number of carbonyl (C=O) groups excluding carboxylic acids is 1. The molecule has 0 N–H and O–H groups in total. The zero-order chi connectivity index (χ0) is 16.3. The number of hydrogen-bond donors (Lipinski definition) is 0. The van der Waals surface area contributed by atoms with Crippen LogP contribution in [0.15, 0.2) is 24.3 Å². The first-order valence-electron chi connectivity index (χ1n) is 8.26. The minimum absolute atomic E-state index is 0.0189. The predicted octanol–water partition coefficient (Wildman–Crippen LogP) is 2.41. The molecule has 126 valence electrons. The van der Waals surface area contributed by atoms with Gasteiger partial charge in [-0.3, -0.25) is 4.79 Å². The van der Waals surface area contributed by atoms with Gasteiger partial charge in [0.1, 0.15) is 5.82 Å². The highest BCUT2D eigenvalue weighted by atomic mass is 19.1. The van der Waals surface area contributed by atoms with Crippen LogP contribution in [0.25, 0.3) is 0 Å². The Labute approximate surface area is 136 Å². The number of carbonyl (C=O) groups is 1. The van der Waals surface area contributed by atoms with E-state index in [4.69, 9.17) is 9.47 Å². The van der Waals surface area contributed by atoms with E-state index in [0.717, 1.165) is 25.9 Å². The van der Waals surface area contributed by atoms with Gasteiger partial charge in [0.15, 0.2) is 0 Å². The fraction of sp³-hybridized carbons (Fsp3) is 0.611. The molecule has 0 aromatic heterocycles. The first-order chi connectivity index (χ1) is 11.1. The van der Waals surface area contributed by atoms with Crippen molar-refractivity contribution in [3.05, 3.63) is 35.6 Å². The summed E-state index contributed by atoms with van der Waals surface area (Å²) < 4.78 is 25.1. The zero-order valence-corrected chi connectivity index (χ0v) is 13.6. The summed E-state index contributed by atoms with van der Waals surface area (Å²) in [6, 6.07) is 6.48. The van der Waals surface area contributed by atoms with Crippen molar-refractivity contribution in [1.29, 1.82) is 0 Å². The summed E-state index contributed by atoms with van der Waals surface area (Å²) in [6.07, 6.45) is 3.10. The number of hydrogen-bond acceptors (Lipinski definition) is 3. The molecule has 1 amide bonds. The van der Waals surface area contributed by atoms with E-state index in [1.165, 1.54) is 6.07 Å². The Morgan fingerprint density at radius 3 is 3.09 bits per heavy atom. The molecule has 2 fully saturated rings. The monoisotopic (exact) mass is 321 g/mol. The number of methoxy groups -OCH3 is 1. The molecule has 2 aliphatic rings. The average Bonchev–Trinajstić information content (AvgIpc) is 2.56. The number of amides is 1. The summed E-state index contributed by atoms with van der Waals surface area (Å²) >= 11 is 0. The highest BCUT2D eigenvalue weighted by molar-refractivity contribution is 5.79. The van der Waals surface area contributed by atoms with Crippen molar-refractivity contribution in [3.8, 4) is 0 Å². The molecule has 1 aromatic rings. The minimum Gasteiger partial charge on any atom is -0.384 e. The summed E-state index contributed by atoms with van der Waals surface area (Å²) in [5.74, 6) is -0.335. The van der Waals surface area contributed by atoms with E-state index in [2.05, 4.69) is 0 Å². The topological polar surface area (TPSA) is 38.8 Å². The molecular weight excluding hydrogens is 297 g/mol. The highest BCUT2D eigenvalue weighted by Crippen LogP contribution is 2.40. The van der Waals surface area contributed by atoms with Crippen molar-refractivity contribution < 1.29 is 18.7 Å². The lowest BCUT2D eigenvalue weighted by Crippen LogP contribution is -2.58. The maximum atomic E-state index is 13.8. The van der Waals surface area contributed by atoms with Crippen LogP contribution in [0.2, 0.25) is 0 Å². The fourth-order valence-corrected chi connectivity index (χ4v) is 3.92. The lowest BCUT2D eigenvalue weighted by Gasteiger charge is -2.50. The molecule has 0 unspecified atom stereocenters. The summed E-state index contributed by atoms with van der Waals surface area (Å²) in [6.45, 7) is 2.70. The average molecular weight is 321 g/mol. The molecule has 2 heterocycles. The van der Waals surface area contributed by atoms with Crippen LogP contribution in [-0.2, 0) is 20.7 Å². The number of rotatable bonds is 4. The van der Waals surface area contributed by atoms with Gasteiger partial charge in [0.2, 0.25) is 5.91 Å². The van der Waals surface area contributed by atoms with Gasteiger partial charge in [0, 0.05) is 32.2 Å². The molecule has 0 saturated carbocycles. The van der Waals surface area contributed by atoms with Gasteiger partial charge in [-0.05, 0) is 30.9 Å².